The fourth-order valence-electron chi connectivity index (χ4n) is 5.01. The van der Waals surface area contributed by atoms with E-state index in [0.717, 1.165) is 53.6 Å². The number of nitrogens with zero attached hydrogens (tertiary/aromatic N) is 4. The van der Waals surface area contributed by atoms with Crippen molar-refractivity contribution in [2.45, 2.75) is 32.4 Å². The Bertz CT molecular complexity index is 1640. The largest absolute Gasteiger partial charge is 0.490 e. The molecule has 0 saturated carbocycles. The molecular weight excluding hydrogens is 537 g/mol. The molecular formula is C29H31F3N6OS. The standard InChI is InChI=1S/C29H31F3N6OS/c1-28(2,3)23-11-10-22(40-23)26-33-18-6-4-8-20(24(18)35-26)38-14-12-37(13-15-38)16-17-39-21-9-5-7-19-25(21)36-27(34-19)29(30,31)32/h4-11H,12-17H2,1-3H3,(H,33,35)(H,34,36). The maximum Gasteiger partial charge on any atom is 0.449 e. The topological polar surface area (TPSA) is 73.1 Å². The quantitative estimate of drug-likeness (QED) is 0.239. The highest BCUT2D eigenvalue weighted by molar-refractivity contribution is 7.15. The number of hydrogen-bond donors (Lipinski definition) is 2. The van der Waals surface area contributed by atoms with Gasteiger partial charge < -0.3 is 19.6 Å². The van der Waals surface area contributed by atoms with Crippen molar-refractivity contribution in [2.75, 3.05) is 44.2 Å². The van der Waals surface area contributed by atoms with Crippen LogP contribution in [0, 0.1) is 0 Å². The lowest BCUT2D eigenvalue weighted by molar-refractivity contribution is -0.144. The smallest absolute Gasteiger partial charge is 0.449 e. The van der Waals surface area contributed by atoms with Crippen molar-refractivity contribution in [1.82, 2.24) is 24.8 Å². The van der Waals surface area contributed by atoms with Crippen LogP contribution in [0.3, 0.4) is 0 Å². The van der Waals surface area contributed by atoms with Crippen LogP contribution >= 0.6 is 11.3 Å². The van der Waals surface area contributed by atoms with E-state index >= 15 is 0 Å². The Kier molecular flexibility index (Phi) is 6.74. The second-order valence-electron chi connectivity index (χ2n) is 11.1. The molecule has 2 aromatic carbocycles. The molecule has 0 bridgehead atoms. The van der Waals surface area contributed by atoms with Crippen LogP contribution in [0.2, 0.25) is 0 Å². The maximum atomic E-state index is 13.1. The summed E-state index contributed by atoms with van der Waals surface area (Å²) in [5, 5.41) is 0. The van der Waals surface area contributed by atoms with Crippen LogP contribution in [-0.2, 0) is 11.6 Å². The van der Waals surface area contributed by atoms with Crippen molar-refractivity contribution in [3.63, 3.8) is 0 Å². The third-order valence-corrected chi connectivity index (χ3v) is 8.71. The van der Waals surface area contributed by atoms with Gasteiger partial charge >= 0.3 is 6.18 Å². The van der Waals surface area contributed by atoms with Crippen LogP contribution < -0.4 is 9.64 Å². The monoisotopic (exact) mass is 568 g/mol. The van der Waals surface area contributed by atoms with Gasteiger partial charge in [0.1, 0.15) is 29.2 Å². The highest BCUT2D eigenvalue weighted by Gasteiger charge is 2.35. The van der Waals surface area contributed by atoms with E-state index in [4.69, 9.17) is 9.72 Å². The normalized spacial score (nSPS) is 15.4. The van der Waals surface area contributed by atoms with Crippen LogP contribution in [-0.4, -0.2) is 64.2 Å². The Balaban J connectivity index is 1.08. The summed E-state index contributed by atoms with van der Waals surface area (Å²) in [7, 11) is 0. The molecule has 1 aliphatic heterocycles. The Morgan fingerprint density at radius 3 is 2.30 bits per heavy atom. The minimum atomic E-state index is -4.53. The molecule has 1 aliphatic rings. The summed E-state index contributed by atoms with van der Waals surface area (Å²) in [4.78, 5) is 21.7. The minimum absolute atomic E-state index is 0.105. The number of aromatic nitrogens is 4. The third kappa shape index (κ3) is 5.27. The number of rotatable bonds is 6. The van der Waals surface area contributed by atoms with Gasteiger partial charge in [-0.15, -0.1) is 11.3 Å². The number of alkyl halides is 3. The molecule has 40 heavy (non-hydrogen) atoms. The van der Waals surface area contributed by atoms with Crippen LogP contribution in [0.4, 0.5) is 18.9 Å². The number of aromatic amines is 2. The summed E-state index contributed by atoms with van der Waals surface area (Å²) in [6.45, 7) is 11.1. The molecule has 0 spiro atoms. The lowest BCUT2D eigenvalue weighted by atomic mass is 9.95. The Labute approximate surface area is 234 Å². The minimum Gasteiger partial charge on any atom is -0.490 e. The molecule has 210 valence electrons. The van der Waals surface area contributed by atoms with Crippen molar-refractivity contribution in [3.05, 3.63) is 59.2 Å². The molecule has 0 aliphatic carbocycles. The number of imidazole rings is 2. The van der Waals surface area contributed by atoms with Crippen LogP contribution in [0.25, 0.3) is 32.8 Å². The van der Waals surface area contributed by atoms with Gasteiger partial charge in [0.25, 0.3) is 0 Å². The first-order valence-corrected chi connectivity index (χ1v) is 14.1. The fourth-order valence-corrected chi connectivity index (χ4v) is 6.02. The van der Waals surface area contributed by atoms with E-state index in [1.54, 1.807) is 29.5 Å². The third-order valence-electron chi connectivity index (χ3n) is 7.19. The van der Waals surface area contributed by atoms with Gasteiger partial charge in [0, 0.05) is 37.6 Å². The molecule has 3 aromatic heterocycles. The molecule has 4 heterocycles. The number of fused-ring (bicyclic) bond motifs is 2. The Hall–Kier alpha value is -3.57. The lowest BCUT2D eigenvalue weighted by Crippen LogP contribution is -2.47. The van der Waals surface area contributed by atoms with Crippen LogP contribution in [0.1, 0.15) is 31.5 Å². The van der Waals surface area contributed by atoms with E-state index in [1.807, 2.05) is 0 Å². The molecule has 5 aromatic rings. The van der Waals surface area contributed by atoms with Gasteiger partial charge in [-0.05, 0) is 41.8 Å². The highest BCUT2D eigenvalue weighted by atomic mass is 32.1. The zero-order chi connectivity index (χ0) is 28.1. The number of thiophene rings is 1. The summed E-state index contributed by atoms with van der Waals surface area (Å²) in [6.07, 6.45) is -4.53. The van der Waals surface area contributed by atoms with Gasteiger partial charge in [-0.3, -0.25) is 4.90 Å². The zero-order valence-corrected chi connectivity index (χ0v) is 23.4. The molecule has 7 nitrogen and oxygen atoms in total. The fraction of sp³-hybridized carbons (Fsp3) is 0.379. The SMILES string of the molecule is CC(C)(C)c1ccc(-c2nc3c(N4CCN(CCOc5cccc6[nH]c(C(F)(F)F)nc56)CC4)cccc3[nH]2)s1. The number of H-pyrrole nitrogens is 2. The highest BCUT2D eigenvalue weighted by Crippen LogP contribution is 2.36. The van der Waals surface area contributed by atoms with E-state index < -0.39 is 12.0 Å². The van der Waals surface area contributed by atoms with Crippen molar-refractivity contribution >= 4 is 39.1 Å². The predicted octanol–water partition coefficient (Wildman–Crippen LogP) is 6.69. The molecule has 0 radical (unpaired) electrons. The summed E-state index contributed by atoms with van der Waals surface area (Å²) >= 11 is 1.78. The number of nitrogens with one attached hydrogen (secondary N) is 2. The second-order valence-corrected chi connectivity index (χ2v) is 12.2. The number of hydrogen-bond acceptors (Lipinski definition) is 6. The number of benzene rings is 2. The average molecular weight is 569 g/mol. The van der Waals surface area contributed by atoms with Crippen molar-refractivity contribution in [3.8, 4) is 16.5 Å². The van der Waals surface area contributed by atoms with E-state index in [0.29, 0.717) is 24.4 Å². The van der Waals surface area contributed by atoms with Crippen molar-refractivity contribution in [2.24, 2.45) is 0 Å². The molecule has 1 fully saturated rings. The molecule has 6 rings (SSSR count). The van der Waals surface area contributed by atoms with Crippen molar-refractivity contribution in [1.29, 1.82) is 0 Å². The molecule has 11 heteroatoms. The summed E-state index contributed by atoms with van der Waals surface area (Å²) < 4.78 is 45.1. The molecule has 0 amide bonds. The van der Waals surface area contributed by atoms with Gasteiger partial charge in [0.05, 0.1) is 21.6 Å². The van der Waals surface area contributed by atoms with Crippen LogP contribution in [0.15, 0.2) is 48.5 Å². The van der Waals surface area contributed by atoms with Crippen molar-refractivity contribution < 1.29 is 17.9 Å². The van der Waals surface area contributed by atoms with Gasteiger partial charge in [-0.1, -0.05) is 32.9 Å². The second kappa shape index (κ2) is 10.1. The summed E-state index contributed by atoms with van der Waals surface area (Å²) in [6, 6.07) is 15.5. The first kappa shape index (κ1) is 26.6. The Morgan fingerprint density at radius 1 is 0.875 bits per heavy atom. The molecule has 0 unspecified atom stereocenters. The number of ether oxygens (including phenoxy) is 1. The van der Waals surface area contributed by atoms with Crippen LogP contribution in [0.5, 0.6) is 5.75 Å². The lowest BCUT2D eigenvalue weighted by Gasteiger charge is -2.36. The van der Waals surface area contributed by atoms with E-state index in [1.165, 1.54) is 4.88 Å². The van der Waals surface area contributed by atoms with E-state index in [-0.39, 0.29) is 10.9 Å². The van der Waals surface area contributed by atoms with E-state index in [9.17, 15) is 13.2 Å². The number of piperazine rings is 1. The molecule has 2 N–H and O–H groups in total. The molecule has 1 saturated heterocycles. The molecule has 0 atom stereocenters. The van der Waals surface area contributed by atoms with Gasteiger partial charge in [-0.2, -0.15) is 13.2 Å². The number of para-hydroxylation sites is 2. The summed E-state index contributed by atoms with van der Waals surface area (Å²) in [5.41, 5.74) is 3.73. The first-order chi connectivity index (χ1) is 19.1. The van der Waals surface area contributed by atoms with Gasteiger partial charge in [-0.25, -0.2) is 9.97 Å². The van der Waals surface area contributed by atoms with Gasteiger partial charge in [0.2, 0.25) is 5.82 Å². The number of anilines is 1. The van der Waals surface area contributed by atoms with E-state index in [2.05, 4.69) is 75.9 Å². The van der Waals surface area contributed by atoms with Gasteiger partial charge in [0.15, 0.2) is 0 Å². The summed E-state index contributed by atoms with van der Waals surface area (Å²) in [5.74, 6) is 0.232. The zero-order valence-electron chi connectivity index (χ0n) is 22.6. The predicted molar refractivity (Wildman–Crippen MR) is 153 cm³/mol. The average Bonchev–Trinajstić information content (AvgIpc) is 3.66. The maximum absolute atomic E-state index is 13.1. The Morgan fingerprint density at radius 2 is 1.60 bits per heavy atom. The number of halogens is 3. The first-order valence-electron chi connectivity index (χ1n) is 13.3.